The van der Waals surface area contributed by atoms with Crippen LogP contribution in [0.3, 0.4) is 0 Å². The quantitative estimate of drug-likeness (QED) is 0.506. The van der Waals surface area contributed by atoms with Crippen molar-refractivity contribution in [2.45, 2.75) is 0 Å². The number of rotatable bonds is 8. The fourth-order valence-corrected chi connectivity index (χ4v) is 2.71. The van der Waals surface area contributed by atoms with E-state index in [1.807, 2.05) is 4.90 Å². The first-order chi connectivity index (χ1) is 14.6. The van der Waals surface area contributed by atoms with Gasteiger partial charge in [-0.25, -0.2) is 9.82 Å². The monoisotopic (exact) mass is 414 g/mol. The van der Waals surface area contributed by atoms with Crippen molar-refractivity contribution in [3.63, 3.8) is 0 Å². The Hall–Kier alpha value is -3.30. The normalized spacial score (nSPS) is 14.4. The van der Waals surface area contributed by atoms with Gasteiger partial charge in [0.2, 0.25) is 0 Å². The number of halogens is 1. The van der Waals surface area contributed by atoms with E-state index < -0.39 is 0 Å². The van der Waals surface area contributed by atoms with E-state index in [2.05, 4.69) is 15.8 Å². The lowest BCUT2D eigenvalue weighted by Gasteiger charge is -2.25. The van der Waals surface area contributed by atoms with Crippen molar-refractivity contribution in [3.8, 4) is 5.75 Å². The lowest BCUT2D eigenvalue weighted by molar-refractivity contribution is -0.123. The van der Waals surface area contributed by atoms with Crippen LogP contribution in [0.25, 0.3) is 0 Å². The number of nitrogens with one attached hydrogen (secondary N) is 2. The van der Waals surface area contributed by atoms with Crippen LogP contribution in [0, 0.1) is 5.82 Å². The van der Waals surface area contributed by atoms with E-state index in [1.54, 1.807) is 24.3 Å². The summed E-state index contributed by atoms with van der Waals surface area (Å²) in [5.74, 6) is -0.391. The van der Waals surface area contributed by atoms with Crippen LogP contribution in [-0.4, -0.2) is 62.4 Å². The number of nitrogens with zero attached hydrogens (tertiary/aromatic N) is 2. The van der Waals surface area contributed by atoms with Crippen molar-refractivity contribution >= 4 is 23.7 Å². The molecule has 2 N–H and O–H groups in total. The van der Waals surface area contributed by atoms with Gasteiger partial charge in [0.15, 0.2) is 6.61 Å². The van der Waals surface area contributed by atoms with Crippen molar-refractivity contribution in [3.05, 3.63) is 59.9 Å². The third kappa shape index (κ3) is 7.26. The van der Waals surface area contributed by atoms with Gasteiger partial charge in [-0.3, -0.25) is 14.5 Å². The number of carbonyl (C=O) groups is 2. The third-order valence-corrected chi connectivity index (χ3v) is 4.25. The summed E-state index contributed by atoms with van der Waals surface area (Å²) in [6.45, 7) is 2.86. The Labute approximate surface area is 173 Å². The Morgan fingerprint density at radius 3 is 2.47 bits per heavy atom. The SMILES string of the molecule is O=C(CN1CCOCC1)N/N=C\c1ccc(OCC(=O)Nc2ccc(F)cc2)cc1. The van der Waals surface area contributed by atoms with Gasteiger partial charge in [-0.2, -0.15) is 5.10 Å². The summed E-state index contributed by atoms with van der Waals surface area (Å²) < 4.78 is 23.5. The molecule has 9 heteroatoms. The maximum absolute atomic E-state index is 12.9. The van der Waals surface area contributed by atoms with Crippen LogP contribution in [0.4, 0.5) is 10.1 Å². The number of carbonyl (C=O) groups excluding carboxylic acids is 2. The molecule has 0 atom stereocenters. The van der Waals surface area contributed by atoms with Gasteiger partial charge in [-0.15, -0.1) is 0 Å². The summed E-state index contributed by atoms with van der Waals surface area (Å²) in [6, 6.07) is 12.4. The molecule has 30 heavy (non-hydrogen) atoms. The van der Waals surface area contributed by atoms with Crippen LogP contribution in [0.2, 0.25) is 0 Å². The summed E-state index contributed by atoms with van der Waals surface area (Å²) in [5.41, 5.74) is 3.76. The Bertz CT molecular complexity index is 866. The topological polar surface area (TPSA) is 92.3 Å². The summed E-state index contributed by atoms with van der Waals surface area (Å²) >= 11 is 0. The molecule has 1 aliphatic heterocycles. The van der Waals surface area contributed by atoms with Crippen molar-refractivity contribution in [1.29, 1.82) is 0 Å². The second-order valence-corrected chi connectivity index (χ2v) is 6.59. The predicted octanol–water partition coefficient (Wildman–Crippen LogP) is 1.63. The summed E-state index contributed by atoms with van der Waals surface area (Å²) in [7, 11) is 0. The number of anilines is 1. The number of ether oxygens (including phenoxy) is 2. The molecule has 2 aromatic rings. The zero-order chi connectivity index (χ0) is 21.2. The molecule has 0 bridgehead atoms. The van der Waals surface area contributed by atoms with Gasteiger partial charge >= 0.3 is 0 Å². The van der Waals surface area contributed by atoms with Gasteiger partial charge in [-0.1, -0.05) is 0 Å². The Kier molecular flexibility index (Phi) is 7.87. The molecule has 158 valence electrons. The molecule has 2 aromatic carbocycles. The maximum Gasteiger partial charge on any atom is 0.262 e. The lowest BCUT2D eigenvalue weighted by Crippen LogP contribution is -2.42. The van der Waals surface area contributed by atoms with Gasteiger partial charge in [0, 0.05) is 18.8 Å². The molecule has 1 saturated heterocycles. The summed E-state index contributed by atoms with van der Waals surface area (Å²) in [4.78, 5) is 25.8. The standard InChI is InChI=1S/C21H23FN4O4/c22-17-3-5-18(6-4-17)24-21(28)15-30-19-7-1-16(2-8-19)13-23-25-20(27)14-26-9-11-29-12-10-26/h1-8,13H,9-12,14-15H2,(H,24,28)(H,25,27)/b23-13-. The predicted molar refractivity (Wildman–Crippen MR) is 110 cm³/mol. The number of hydrogen-bond acceptors (Lipinski definition) is 6. The summed E-state index contributed by atoms with van der Waals surface area (Å²) in [5, 5.41) is 6.57. The van der Waals surface area contributed by atoms with Crippen molar-refractivity contribution in [2.24, 2.45) is 5.10 Å². The van der Waals surface area contributed by atoms with E-state index in [0.29, 0.717) is 24.7 Å². The molecule has 2 amide bonds. The highest BCUT2D eigenvalue weighted by molar-refractivity contribution is 5.91. The van der Waals surface area contributed by atoms with E-state index in [0.717, 1.165) is 18.7 Å². The fourth-order valence-electron chi connectivity index (χ4n) is 2.71. The number of hydrazone groups is 1. The molecule has 3 rings (SSSR count). The van der Waals surface area contributed by atoms with Crippen LogP contribution in [-0.2, 0) is 14.3 Å². The van der Waals surface area contributed by atoms with Crippen molar-refractivity contribution in [1.82, 2.24) is 10.3 Å². The average Bonchev–Trinajstić information content (AvgIpc) is 2.75. The van der Waals surface area contributed by atoms with E-state index in [-0.39, 0.29) is 30.8 Å². The largest absolute Gasteiger partial charge is 0.484 e. The lowest BCUT2D eigenvalue weighted by atomic mass is 10.2. The highest BCUT2D eigenvalue weighted by Gasteiger charge is 2.13. The van der Waals surface area contributed by atoms with Crippen molar-refractivity contribution < 1.29 is 23.5 Å². The first-order valence-electron chi connectivity index (χ1n) is 9.49. The minimum absolute atomic E-state index is 0.178. The van der Waals surface area contributed by atoms with E-state index in [1.165, 1.54) is 30.5 Å². The van der Waals surface area contributed by atoms with E-state index in [4.69, 9.17) is 9.47 Å². The Balaban J connectivity index is 1.38. The number of morpholine rings is 1. The zero-order valence-electron chi connectivity index (χ0n) is 16.3. The van der Waals surface area contributed by atoms with Gasteiger partial charge in [0.05, 0.1) is 26.0 Å². The van der Waals surface area contributed by atoms with Gasteiger partial charge < -0.3 is 14.8 Å². The molecule has 0 spiro atoms. The minimum Gasteiger partial charge on any atom is -0.484 e. The molecule has 1 fully saturated rings. The van der Waals surface area contributed by atoms with E-state index in [9.17, 15) is 14.0 Å². The second-order valence-electron chi connectivity index (χ2n) is 6.59. The number of hydrogen-bond donors (Lipinski definition) is 2. The fraction of sp³-hybridized carbons (Fsp3) is 0.286. The molecule has 0 aliphatic carbocycles. The van der Waals surface area contributed by atoms with Crippen LogP contribution < -0.4 is 15.5 Å². The van der Waals surface area contributed by atoms with Crippen LogP contribution in [0.15, 0.2) is 53.6 Å². The smallest absolute Gasteiger partial charge is 0.262 e. The second kappa shape index (κ2) is 11.0. The summed E-state index contributed by atoms with van der Waals surface area (Å²) in [6.07, 6.45) is 1.53. The molecule has 8 nitrogen and oxygen atoms in total. The molecule has 1 heterocycles. The maximum atomic E-state index is 12.9. The molecular weight excluding hydrogens is 391 g/mol. The average molecular weight is 414 g/mol. The number of amides is 2. The van der Waals surface area contributed by atoms with Crippen LogP contribution in [0.5, 0.6) is 5.75 Å². The van der Waals surface area contributed by atoms with Crippen LogP contribution >= 0.6 is 0 Å². The van der Waals surface area contributed by atoms with Crippen LogP contribution in [0.1, 0.15) is 5.56 Å². The van der Waals surface area contributed by atoms with Gasteiger partial charge in [0.1, 0.15) is 11.6 Å². The highest BCUT2D eigenvalue weighted by Crippen LogP contribution is 2.12. The van der Waals surface area contributed by atoms with Gasteiger partial charge in [-0.05, 0) is 54.1 Å². The Morgan fingerprint density at radius 1 is 1.07 bits per heavy atom. The molecule has 1 aliphatic rings. The highest BCUT2D eigenvalue weighted by atomic mass is 19.1. The van der Waals surface area contributed by atoms with E-state index >= 15 is 0 Å². The Morgan fingerprint density at radius 2 is 1.77 bits per heavy atom. The first-order valence-corrected chi connectivity index (χ1v) is 9.49. The molecular formula is C21H23FN4O4. The first kappa shape index (κ1) is 21.4. The molecule has 0 unspecified atom stereocenters. The third-order valence-electron chi connectivity index (χ3n) is 4.25. The zero-order valence-corrected chi connectivity index (χ0v) is 16.3. The number of benzene rings is 2. The van der Waals surface area contributed by atoms with Gasteiger partial charge in [0.25, 0.3) is 11.8 Å². The minimum atomic E-state index is -0.371. The molecule has 0 radical (unpaired) electrons. The van der Waals surface area contributed by atoms with Crippen molar-refractivity contribution in [2.75, 3.05) is 44.8 Å². The molecule has 0 saturated carbocycles. The molecule has 0 aromatic heterocycles.